The van der Waals surface area contributed by atoms with E-state index < -0.39 is 24.5 Å². The van der Waals surface area contributed by atoms with Crippen molar-refractivity contribution >= 4 is 17.4 Å². The Morgan fingerprint density at radius 2 is 2.12 bits per heavy atom. The minimum Gasteiger partial charge on any atom is -0.471 e. The highest BCUT2D eigenvalue weighted by atomic mass is 32.1. The van der Waals surface area contributed by atoms with Gasteiger partial charge in [-0.15, -0.1) is 0 Å². The Labute approximate surface area is 106 Å². The van der Waals surface area contributed by atoms with Crippen LogP contribution < -0.4 is 5.32 Å². The Morgan fingerprint density at radius 3 is 2.76 bits per heavy atom. The highest BCUT2D eigenvalue weighted by Gasteiger charge is 2.37. The molecule has 1 aliphatic rings. The monoisotopic (exact) mass is 265 g/mol. The Morgan fingerprint density at radius 1 is 1.41 bits per heavy atom. The van der Waals surface area contributed by atoms with Gasteiger partial charge in [0.05, 0.1) is 13.2 Å². The lowest BCUT2D eigenvalue weighted by molar-refractivity contribution is -0.191. The fraction of sp³-hybridized carbons (Fsp3) is 0.900. The molecule has 1 heterocycles. The van der Waals surface area contributed by atoms with E-state index in [2.05, 4.69) is 5.32 Å². The van der Waals surface area contributed by atoms with Crippen LogP contribution in [0.25, 0.3) is 0 Å². The number of hydrogen-bond donors (Lipinski definition) is 4. The third-order valence-corrected chi connectivity index (χ3v) is 2.73. The van der Waals surface area contributed by atoms with E-state index in [1.807, 2.05) is 6.92 Å². The van der Waals surface area contributed by atoms with Gasteiger partial charge in [0.15, 0.2) is 6.23 Å². The maximum atomic E-state index is 9.62. The number of thiocarbonyl (C=S) groups is 1. The van der Waals surface area contributed by atoms with Crippen molar-refractivity contribution < 1.29 is 24.8 Å². The molecule has 7 heteroatoms. The Balaban J connectivity index is 2.33. The standard InChI is InChI=1S/C10H19NO5S/c1-2-3-4-15-10(17)11-9-8(14)7(13)6(12)5-16-9/h6-9,12-14H,2-5H2,1H3,(H,11,17)/t6-,7-,8-,9+/m0/s1. The van der Waals surface area contributed by atoms with Gasteiger partial charge >= 0.3 is 0 Å². The van der Waals surface area contributed by atoms with E-state index in [4.69, 9.17) is 21.7 Å². The van der Waals surface area contributed by atoms with Crippen LogP contribution in [-0.2, 0) is 9.47 Å². The van der Waals surface area contributed by atoms with E-state index >= 15 is 0 Å². The summed E-state index contributed by atoms with van der Waals surface area (Å²) in [5.74, 6) is 0. The number of aliphatic hydroxyl groups is 3. The average Bonchev–Trinajstić information content (AvgIpc) is 2.30. The van der Waals surface area contributed by atoms with Crippen LogP contribution in [0, 0.1) is 0 Å². The third-order valence-electron chi connectivity index (χ3n) is 2.49. The van der Waals surface area contributed by atoms with Gasteiger partial charge in [-0.2, -0.15) is 0 Å². The van der Waals surface area contributed by atoms with Gasteiger partial charge in [-0.1, -0.05) is 13.3 Å². The molecule has 0 aromatic carbocycles. The molecular formula is C10H19NO5S. The van der Waals surface area contributed by atoms with Crippen molar-refractivity contribution in [1.29, 1.82) is 0 Å². The molecule has 100 valence electrons. The summed E-state index contributed by atoms with van der Waals surface area (Å²) in [4.78, 5) is 0. The van der Waals surface area contributed by atoms with Crippen LogP contribution in [0.3, 0.4) is 0 Å². The molecular weight excluding hydrogens is 246 g/mol. The van der Waals surface area contributed by atoms with Crippen molar-refractivity contribution in [3.63, 3.8) is 0 Å². The van der Waals surface area contributed by atoms with Crippen molar-refractivity contribution in [2.24, 2.45) is 0 Å². The van der Waals surface area contributed by atoms with Crippen molar-refractivity contribution in [3.8, 4) is 0 Å². The molecule has 0 aromatic rings. The van der Waals surface area contributed by atoms with Crippen LogP contribution in [0.1, 0.15) is 19.8 Å². The van der Waals surface area contributed by atoms with Gasteiger partial charge in [-0.25, -0.2) is 0 Å². The van der Waals surface area contributed by atoms with Gasteiger partial charge in [0, 0.05) is 0 Å². The minimum absolute atomic E-state index is 0.0620. The molecule has 0 aliphatic carbocycles. The lowest BCUT2D eigenvalue weighted by Crippen LogP contribution is -2.58. The van der Waals surface area contributed by atoms with E-state index in [9.17, 15) is 15.3 Å². The smallest absolute Gasteiger partial charge is 0.258 e. The molecule has 0 saturated carbocycles. The predicted octanol–water partition coefficient (Wildman–Crippen LogP) is -0.883. The number of nitrogens with one attached hydrogen (secondary N) is 1. The van der Waals surface area contributed by atoms with Gasteiger partial charge < -0.3 is 30.1 Å². The topological polar surface area (TPSA) is 91.2 Å². The summed E-state index contributed by atoms with van der Waals surface area (Å²) < 4.78 is 10.3. The fourth-order valence-electron chi connectivity index (χ4n) is 1.40. The van der Waals surface area contributed by atoms with E-state index in [-0.39, 0.29) is 11.8 Å². The molecule has 0 radical (unpaired) electrons. The zero-order valence-electron chi connectivity index (χ0n) is 9.70. The summed E-state index contributed by atoms with van der Waals surface area (Å²) in [6.07, 6.45) is -2.56. The fourth-order valence-corrected chi connectivity index (χ4v) is 1.60. The minimum atomic E-state index is -1.25. The molecule has 4 N–H and O–H groups in total. The predicted molar refractivity (Wildman–Crippen MR) is 64.4 cm³/mol. The molecule has 0 bridgehead atoms. The molecule has 4 atom stereocenters. The zero-order chi connectivity index (χ0) is 12.8. The number of ether oxygens (including phenoxy) is 2. The molecule has 1 fully saturated rings. The number of unbranched alkanes of at least 4 members (excludes halogenated alkanes) is 1. The summed E-state index contributed by atoms with van der Waals surface area (Å²) in [6, 6.07) is 0. The second-order valence-corrected chi connectivity index (χ2v) is 4.31. The first-order chi connectivity index (χ1) is 8.06. The normalized spacial score (nSPS) is 33.2. The molecule has 1 saturated heterocycles. The van der Waals surface area contributed by atoms with E-state index in [1.165, 1.54) is 0 Å². The van der Waals surface area contributed by atoms with Gasteiger partial charge in [-0.05, 0) is 18.6 Å². The van der Waals surface area contributed by atoms with Gasteiger partial charge in [-0.3, -0.25) is 0 Å². The Kier molecular flexibility index (Phi) is 6.07. The molecule has 0 spiro atoms. The van der Waals surface area contributed by atoms with Gasteiger partial charge in [0.1, 0.15) is 18.3 Å². The summed E-state index contributed by atoms with van der Waals surface area (Å²) >= 11 is 4.90. The zero-order valence-corrected chi connectivity index (χ0v) is 10.5. The first kappa shape index (κ1) is 14.6. The summed E-state index contributed by atoms with van der Waals surface area (Å²) in [5, 5.41) is 31.1. The third kappa shape index (κ3) is 4.36. The van der Waals surface area contributed by atoms with Crippen LogP contribution in [0.15, 0.2) is 0 Å². The molecule has 6 nitrogen and oxygen atoms in total. The molecule has 17 heavy (non-hydrogen) atoms. The molecule has 1 rings (SSSR count). The van der Waals surface area contributed by atoms with E-state index in [1.54, 1.807) is 0 Å². The van der Waals surface area contributed by atoms with Crippen LogP contribution in [-0.4, -0.2) is 58.2 Å². The molecule has 0 aromatic heterocycles. The number of rotatable bonds is 4. The van der Waals surface area contributed by atoms with E-state index in [0.717, 1.165) is 12.8 Å². The second kappa shape index (κ2) is 7.07. The summed E-state index contributed by atoms with van der Waals surface area (Å²) in [6.45, 7) is 2.47. The Bertz CT molecular complexity index is 253. The molecule has 1 aliphatic heterocycles. The summed E-state index contributed by atoms with van der Waals surface area (Å²) in [5.41, 5.74) is 0. The van der Waals surface area contributed by atoms with Crippen molar-refractivity contribution in [3.05, 3.63) is 0 Å². The van der Waals surface area contributed by atoms with Crippen LogP contribution in [0.5, 0.6) is 0 Å². The molecule has 0 unspecified atom stereocenters. The van der Waals surface area contributed by atoms with Gasteiger partial charge in [0.25, 0.3) is 5.17 Å². The van der Waals surface area contributed by atoms with Crippen molar-refractivity contribution in [2.45, 2.75) is 44.3 Å². The maximum absolute atomic E-state index is 9.62. The lowest BCUT2D eigenvalue weighted by atomic mass is 10.0. The van der Waals surface area contributed by atoms with Crippen molar-refractivity contribution in [1.82, 2.24) is 5.32 Å². The first-order valence-electron chi connectivity index (χ1n) is 5.65. The number of aliphatic hydroxyl groups excluding tert-OH is 3. The van der Waals surface area contributed by atoms with Crippen LogP contribution >= 0.6 is 12.2 Å². The largest absolute Gasteiger partial charge is 0.471 e. The van der Waals surface area contributed by atoms with Gasteiger partial charge in [0.2, 0.25) is 0 Å². The summed E-state index contributed by atoms with van der Waals surface area (Å²) in [7, 11) is 0. The average molecular weight is 265 g/mol. The van der Waals surface area contributed by atoms with E-state index in [0.29, 0.717) is 6.61 Å². The van der Waals surface area contributed by atoms with Crippen molar-refractivity contribution in [2.75, 3.05) is 13.2 Å². The maximum Gasteiger partial charge on any atom is 0.258 e. The lowest BCUT2D eigenvalue weighted by Gasteiger charge is -2.35. The highest BCUT2D eigenvalue weighted by molar-refractivity contribution is 7.80. The van der Waals surface area contributed by atoms with Crippen LogP contribution in [0.4, 0.5) is 0 Å². The van der Waals surface area contributed by atoms with Crippen LogP contribution in [0.2, 0.25) is 0 Å². The number of hydrogen-bond acceptors (Lipinski definition) is 6. The molecule has 0 amide bonds. The Hall–Kier alpha value is -0.470. The first-order valence-corrected chi connectivity index (χ1v) is 6.06. The quantitative estimate of drug-likeness (QED) is 0.387. The highest BCUT2D eigenvalue weighted by Crippen LogP contribution is 2.13. The second-order valence-electron chi connectivity index (χ2n) is 3.94. The SMILES string of the molecule is CCCCOC(=S)N[C@@H]1OC[C@H](O)[C@H](O)[C@@H]1O.